The Balaban J connectivity index is 1.38. The van der Waals surface area contributed by atoms with Gasteiger partial charge in [-0.1, -0.05) is 25.0 Å². The summed E-state index contributed by atoms with van der Waals surface area (Å²) in [6.45, 7) is 0.383. The Bertz CT molecular complexity index is 1070. The quantitative estimate of drug-likeness (QED) is 0.653. The van der Waals surface area contributed by atoms with Crippen molar-refractivity contribution in [1.82, 2.24) is 19.6 Å². The lowest BCUT2D eigenvalue weighted by molar-refractivity contribution is -0.119. The summed E-state index contributed by atoms with van der Waals surface area (Å²) in [5.74, 6) is -0.225. The molecule has 30 heavy (non-hydrogen) atoms. The van der Waals surface area contributed by atoms with Crippen LogP contribution in [0.3, 0.4) is 0 Å². The highest BCUT2D eigenvalue weighted by molar-refractivity contribution is 6.03. The Kier molecular flexibility index (Phi) is 5.60. The lowest BCUT2D eigenvalue weighted by Gasteiger charge is -2.09. The predicted molar refractivity (Wildman–Crippen MR) is 109 cm³/mol. The lowest BCUT2D eigenvalue weighted by Crippen LogP contribution is -2.21. The highest BCUT2D eigenvalue weighted by atomic mass is 19.1. The second-order valence-electron chi connectivity index (χ2n) is 7.52. The molecule has 4 rings (SSSR count). The van der Waals surface area contributed by atoms with Crippen LogP contribution in [0, 0.1) is 11.7 Å². The van der Waals surface area contributed by atoms with Gasteiger partial charge in [0.15, 0.2) is 5.69 Å². The largest absolute Gasteiger partial charge is 0.318 e. The minimum absolute atomic E-state index is 0.0268. The third-order valence-corrected chi connectivity index (χ3v) is 5.21. The van der Waals surface area contributed by atoms with E-state index in [0.717, 1.165) is 31.2 Å². The average Bonchev–Trinajstić information content (AvgIpc) is 3.44. The van der Waals surface area contributed by atoms with E-state index in [4.69, 9.17) is 0 Å². The van der Waals surface area contributed by atoms with Gasteiger partial charge in [0.1, 0.15) is 11.6 Å². The normalized spacial score (nSPS) is 14.1. The topological polar surface area (TPSA) is 93.8 Å². The number of benzene rings is 1. The molecule has 1 aromatic carbocycles. The van der Waals surface area contributed by atoms with E-state index in [2.05, 4.69) is 20.8 Å². The van der Waals surface area contributed by atoms with Crippen LogP contribution in [0.15, 0.2) is 42.7 Å². The molecule has 2 amide bonds. The fourth-order valence-corrected chi connectivity index (χ4v) is 3.64. The SMILES string of the molecule is Cn1nc(C(=O)Nc2cnn(Cc3cccc(F)c3)c2)cc1NC(=O)C1CCCC1. The van der Waals surface area contributed by atoms with Crippen molar-refractivity contribution in [2.24, 2.45) is 13.0 Å². The van der Waals surface area contributed by atoms with Crippen LogP contribution in [0.1, 0.15) is 41.7 Å². The monoisotopic (exact) mass is 410 g/mol. The molecule has 0 bridgehead atoms. The molecule has 8 nitrogen and oxygen atoms in total. The molecule has 2 aromatic heterocycles. The van der Waals surface area contributed by atoms with Crippen LogP contribution in [-0.4, -0.2) is 31.4 Å². The number of aryl methyl sites for hydroxylation is 1. The van der Waals surface area contributed by atoms with Crippen LogP contribution in [0.4, 0.5) is 15.9 Å². The number of nitrogens with one attached hydrogen (secondary N) is 2. The Labute approximate surface area is 173 Å². The molecular weight excluding hydrogens is 387 g/mol. The smallest absolute Gasteiger partial charge is 0.276 e. The molecule has 1 fully saturated rings. The van der Waals surface area contributed by atoms with Crippen molar-refractivity contribution < 1.29 is 14.0 Å². The van der Waals surface area contributed by atoms with Crippen molar-refractivity contribution >= 4 is 23.3 Å². The first kappa shape index (κ1) is 19.8. The third kappa shape index (κ3) is 4.56. The number of rotatable bonds is 6. The number of amides is 2. The maximum absolute atomic E-state index is 13.3. The van der Waals surface area contributed by atoms with Gasteiger partial charge < -0.3 is 10.6 Å². The minimum Gasteiger partial charge on any atom is -0.318 e. The number of carbonyl (C=O) groups is 2. The molecule has 156 valence electrons. The zero-order valence-electron chi connectivity index (χ0n) is 16.6. The first-order chi connectivity index (χ1) is 14.5. The summed E-state index contributed by atoms with van der Waals surface area (Å²) < 4.78 is 16.4. The highest BCUT2D eigenvalue weighted by Crippen LogP contribution is 2.26. The second kappa shape index (κ2) is 8.48. The van der Waals surface area contributed by atoms with Crippen molar-refractivity contribution in [3.05, 3.63) is 59.8 Å². The van der Waals surface area contributed by atoms with Crippen LogP contribution < -0.4 is 10.6 Å². The molecule has 0 atom stereocenters. The maximum atomic E-state index is 13.3. The van der Waals surface area contributed by atoms with Crippen molar-refractivity contribution in [2.45, 2.75) is 32.2 Å². The van der Waals surface area contributed by atoms with E-state index in [9.17, 15) is 14.0 Å². The van der Waals surface area contributed by atoms with Crippen LogP contribution in [0.5, 0.6) is 0 Å². The van der Waals surface area contributed by atoms with Crippen LogP contribution in [-0.2, 0) is 18.4 Å². The van der Waals surface area contributed by atoms with E-state index < -0.39 is 5.91 Å². The summed E-state index contributed by atoms with van der Waals surface area (Å²) in [5.41, 5.74) is 1.46. The van der Waals surface area contributed by atoms with Gasteiger partial charge in [0.05, 0.1) is 18.4 Å². The standard InChI is InChI=1S/C21H23FN6O2/c1-27-19(25-20(29)15-6-2-3-7-15)10-18(26-27)21(30)24-17-11-23-28(13-17)12-14-5-4-8-16(22)9-14/h4-5,8-11,13,15H,2-3,6-7,12H2,1H3,(H,24,30)(H,25,29). The Morgan fingerprint density at radius 2 is 2.00 bits per heavy atom. The minimum atomic E-state index is -0.405. The number of hydrogen-bond acceptors (Lipinski definition) is 4. The number of hydrogen-bond donors (Lipinski definition) is 2. The van der Waals surface area contributed by atoms with E-state index in [1.54, 1.807) is 36.1 Å². The summed E-state index contributed by atoms with van der Waals surface area (Å²) in [5, 5.41) is 14.0. The fraction of sp³-hybridized carbons (Fsp3) is 0.333. The fourth-order valence-electron chi connectivity index (χ4n) is 3.64. The van der Waals surface area contributed by atoms with Crippen molar-refractivity contribution in [2.75, 3.05) is 10.6 Å². The Hall–Kier alpha value is -3.49. The first-order valence-electron chi connectivity index (χ1n) is 9.91. The molecule has 2 heterocycles. The van der Waals surface area contributed by atoms with E-state index in [0.29, 0.717) is 18.1 Å². The molecule has 1 aliphatic carbocycles. The van der Waals surface area contributed by atoms with Gasteiger partial charge in [-0.2, -0.15) is 10.2 Å². The Morgan fingerprint density at radius 1 is 1.20 bits per heavy atom. The van der Waals surface area contributed by atoms with Gasteiger partial charge in [0, 0.05) is 25.2 Å². The van der Waals surface area contributed by atoms with Crippen LogP contribution in [0.25, 0.3) is 0 Å². The van der Waals surface area contributed by atoms with Gasteiger partial charge in [-0.05, 0) is 30.5 Å². The van der Waals surface area contributed by atoms with Gasteiger partial charge >= 0.3 is 0 Å². The highest BCUT2D eigenvalue weighted by Gasteiger charge is 2.24. The van der Waals surface area contributed by atoms with Gasteiger partial charge in [-0.3, -0.25) is 19.0 Å². The van der Waals surface area contributed by atoms with Crippen molar-refractivity contribution in [1.29, 1.82) is 0 Å². The summed E-state index contributed by atoms with van der Waals surface area (Å²) in [6.07, 6.45) is 7.12. The summed E-state index contributed by atoms with van der Waals surface area (Å²) in [7, 11) is 1.68. The Morgan fingerprint density at radius 3 is 2.77 bits per heavy atom. The van der Waals surface area contributed by atoms with Crippen LogP contribution >= 0.6 is 0 Å². The molecule has 3 aromatic rings. The third-order valence-electron chi connectivity index (χ3n) is 5.21. The predicted octanol–water partition coefficient (Wildman–Crippen LogP) is 3.19. The van der Waals surface area contributed by atoms with Gasteiger partial charge in [-0.25, -0.2) is 4.39 Å². The van der Waals surface area contributed by atoms with Gasteiger partial charge in [0.2, 0.25) is 5.91 Å². The van der Waals surface area contributed by atoms with Gasteiger partial charge in [-0.15, -0.1) is 0 Å². The lowest BCUT2D eigenvalue weighted by atomic mass is 10.1. The molecule has 0 spiro atoms. The molecule has 1 saturated carbocycles. The number of carbonyl (C=O) groups excluding carboxylic acids is 2. The molecule has 0 aliphatic heterocycles. The van der Waals surface area contributed by atoms with Gasteiger partial charge in [0.25, 0.3) is 5.91 Å². The first-order valence-corrected chi connectivity index (χ1v) is 9.91. The molecule has 2 N–H and O–H groups in total. The maximum Gasteiger partial charge on any atom is 0.276 e. The molecule has 0 unspecified atom stereocenters. The summed E-state index contributed by atoms with van der Waals surface area (Å²) >= 11 is 0. The number of aromatic nitrogens is 4. The van der Waals surface area contributed by atoms with E-state index in [1.165, 1.54) is 23.0 Å². The van der Waals surface area contributed by atoms with E-state index in [1.807, 2.05) is 0 Å². The van der Waals surface area contributed by atoms with Crippen molar-refractivity contribution in [3.8, 4) is 0 Å². The van der Waals surface area contributed by atoms with Crippen molar-refractivity contribution in [3.63, 3.8) is 0 Å². The molecule has 9 heteroatoms. The summed E-state index contributed by atoms with van der Waals surface area (Å²) in [6, 6.07) is 7.82. The average molecular weight is 410 g/mol. The molecular formula is C21H23FN6O2. The zero-order valence-corrected chi connectivity index (χ0v) is 16.6. The molecule has 1 aliphatic rings. The molecule has 0 saturated heterocycles. The van der Waals surface area contributed by atoms with E-state index in [-0.39, 0.29) is 23.3 Å². The number of nitrogens with zero attached hydrogens (tertiary/aromatic N) is 4. The zero-order chi connectivity index (χ0) is 21.1. The van der Waals surface area contributed by atoms with E-state index >= 15 is 0 Å². The van der Waals surface area contributed by atoms with Crippen LogP contribution in [0.2, 0.25) is 0 Å². The second-order valence-corrected chi connectivity index (χ2v) is 7.52. The molecule has 0 radical (unpaired) electrons. The number of anilines is 2. The summed E-state index contributed by atoms with van der Waals surface area (Å²) in [4.78, 5) is 24.9. The number of halogens is 1.